The van der Waals surface area contributed by atoms with E-state index in [0.717, 1.165) is 18.4 Å². The number of halogens is 1. The number of carbonyl (C=O) groups is 2. The molecule has 0 bridgehead atoms. The number of benzene rings is 1. The van der Waals surface area contributed by atoms with Gasteiger partial charge in [-0.1, -0.05) is 37.1 Å². The van der Waals surface area contributed by atoms with Gasteiger partial charge in [0.05, 0.1) is 11.6 Å². The van der Waals surface area contributed by atoms with Crippen LogP contribution in [0, 0.1) is 0 Å². The van der Waals surface area contributed by atoms with Crippen LogP contribution in [0.2, 0.25) is 5.02 Å². The molecule has 2 rings (SSSR count). The first-order valence-corrected chi connectivity index (χ1v) is 7.35. The molecule has 0 aliphatic carbocycles. The van der Waals surface area contributed by atoms with Gasteiger partial charge in [-0.2, -0.15) is 0 Å². The van der Waals surface area contributed by atoms with E-state index in [1.807, 2.05) is 6.92 Å². The van der Waals surface area contributed by atoms with Crippen molar-refractivity contribution in [3.63, 3.8) is 0 Å². The van der Waals surface area contributed by atoms with Crippen LogP contribution in [0.5, 0.6) is 0 Å². The first-order valence-electron chi connectivity index (χ1n) is 6.97. The number of carbonyl (C=O) groups excluding carboxylic acids is 2. The molecule has 1 heterocycles. The monoisotopic (exact) mass is 307 g/mol. The van der Waals surface area contributed by atoms with Crippen LogP contribution in [0.1, 0.15) is 38.3 Å². The van der Waals surface area contributed by atoms with Crippen molar-refractivity contribution in [3.05, 3.63) is 46.2 Å². The first kappa shape index (κ1) is 15.6. The molecule has 0 fully saturated rings. The third kappa shape index (κ3) is 2.95. The van der Waals surface area contributed by atoms with Crippen LogP contribution in [-0.2, 0) is 9.59 Å². The van der Waals surface area contributed by atoms with Crippen LogP contribution < -0.4 is 0 Å². The predicted molar refractivity (Wildman–Crippen MR) is 81.1 cm³/mol. The van der Waals surface area contributed by atoms with Crippen molar-refractivity contribution >= 4 is 23.3 Å². The molecule has 1 aromatic carbocycles. The quantitative estimate of drug-likeness (QED) is 0.906. The van der Waals surface area contributed by atoms with Gasteiger partial charge in [-0.3, -0.25) is 9.59 Å². The molecule has 1 amide bonds. The molecule has 4 nitrogen and oxygen atoms in total. The van der Waals surface area contributed by atoms with E-state index in [2.05, 4.69) is 0 Å². The molecule has 112 valence electrons. The van der Waals surface area contributed by atoms with E-state index in [1.54, 1.807) is 29.2 Å². The van der Waals surface area contributed by atoms with Crippen molar-refractivity contribution in [3.8, 4) is 0 Å². The average molecular weight is 308 g/mol. The van der Waals surface area contributed by atoms with Crippen LogP contribution >= 0.6 is 11.6 Å². The molecule has 5 heteroatoms. The molecule has 0 saturated heterocycles. The van der Waals surface area contributed by atoms with Crippen molar-refractivity contribution in [2.24, 2.45) is 0 Å². The Hall–Kier alpha value is -1.81. The highest BCUT2D eigenvalue weighted by Gasteiger charge is 2.41. The van der Waals surface area contributed by atoms with Gasteiger partial charge in [0.2, 0.25) is 0 Å². The lowest BCUT2D eigenvalue weighted by Crippen LogP contribution is -2.31. The van der Waals surface area contributed by atoms with Crippen LogP contribution in [0.3, 0.4) is 0 Å². The fourth-order valence-electron chi connectivity index (χ4n) is 2.56. The molecular weight excluding hydrogens is 290 g/mol. The standard InChI is InChI=1S/C16H18ClNO3/c1-3-4-9-18-14(11-5-7-12(17)8-6-11)13(10(2)19)15(20)16(18)21/h5-8,14,20H,3-4,9H2,1-2H3. The first-order chi connectivity index (χ1) is 9.97. The molecule has 0 spiro atoms. The summed E-state index contributed by atoms with van der Waals surface area (Å²) in [4.78, 5) is 25.6. The fraction of sp³-hybridized carbons (Fsp3) is 0.375. The molecule has 1 N–H and O–H groups in total. The number of rotatable bonds is 5. The number of nitrogens with zero attached hydrogens (tertiary/aromatic N) is 1. The smallest absolute Gasteiger partial charge is 0.290 e. The van der Waals surface area contributed by atoms with Gasteiger partial charge in [-0.15, -0.1) is 0 Å². The summed E-state index contributed by atoms with van der Waals surface area (Å²) in [5.74, 6) is -1.20. The predicted octanol–water partition coefficient (Wildman–Crippen LogP) is 3.42. The highest BCUT2D eigenvalue weighted by atomic mass is 35.5. The van der Waals surface area contributed by atoms with Crippen molar-refractivity contribution in [2.75, 3.05) is 6.54 Å². The summed E-state index contributed by atoms with van der Waals surface area (Å²) in [6, 6.07) is 6.46. The zero-order valence-electron chi connectivity index (χ0n) is 12.1. The van der Waals surface area contributed by atoms with E-state index < -0.39 is 17.7 Å². The molecule has 21 heavy (non-hydrogen) atoms. The molecule has 0 saturated carbocycles. The maximum atomic E-state index is 12.2. The van der Waals surface area contributed by atoms with Crippen molar-refractivity contribution in [1.29, 1.82) is 0 Å². The van der Waals surface area contributed by atoms with Crippen molar-refractivity contribution < 1.29 is 14.7 Å². The lowest BCUT2D eigenvalue weighted by Gasteiger charge is -2.26. The lowest BCUT2D eigenvalue weighted by molar-refractivity contribution is -0.129. The Morgan fingerprint density at radius 2 is 1.95 bits per heavy atom. The second kappa shape index (κ2) is 6.31. The second-order valence-corrected chi connectivity index (χ2v) is 5.56. The number of unbranched alkanes of at least 4 members (excludes halogenated alkanes) is 1. The minimum Gasteiger partial charge on any atom is -0.503 e. The number of aliphatic hydroxyl groups is 1. The van der Waals surface area contributed by atoms with Gasteiger partial charge in [-0.05, 0) is 31.0 Å². The van der Waals surface area contributed by atoms with Gasteiger partial charge >= 0.3 is 0 Å². The highest BCUT2D eigenvalue weighted by molar-refractivity contribution is 6.30. The van der Waals surface area contributed by atoms with Crippen LogP contribution in [0.4, 0.5) is 0 Å². The lowest BCUT2D eigenvalue weighted by atomic mass is 9.97. The maximum Gasteiger partial charge on any atom is 0.290 e. The van der Waals surface area contributed by atoms with Gasteiger partial charge in [-0.25, -0.2) is 0 Å². The normalized spacial score (nSPS) is 18.5. The minimum atomic E-state index is -0.529. The van der Waals surface area contributed by atoms with E-state index >= 15 is 0 Å². The molecule has 1 aromatic rings. The Bertz CT molecular complexity index is 592. The molecular formula is C16H18ClNO3. The summed E-state index contributed by atoms with van der Waals surface area (Å²) < 4.78 is 0. The van der Waals surface area contributed by atoms with Crippen molar-refractivity contribution in [1.82, 2.24) is 4.90 Å². The highest BCUT2D eigenvalue weighted by Crippen LogP contribution is 2.38. The Labute approximate surface area is 129 Å². The molecule has 1 unspecified atom stereocenters. The van der Waals surface area contributed by atoms with Gasteiger partial charge < -0.3 is 10.0 Å². The number of hydrogen-bond donors (Lipinski definition) is 1. The summed E-state index contributed by atoms with van der Waals surface area (Å²) in [5, 5.41) is 10.6. The Kier molecular flexibility index (Phi) is 4.68. The Balaban J connectivity index is 2.46. The Morgan fingerprint density at radius 3 is 2.48 bits per heavy atom. The van der Waals surface area contributed by atoms with Crippen LogP contribution in [0.25, 0.3) is 0 Å². The number of Topliss-reactive ketones (excluding diaryl/α,β-unsaturated/α-hetero) is 1. The summed E-state index contributed by atoms with van der Waals surface area (Å²) in [6.07, 6.45) is 1.74. The zero-order chi connectivity index (χ0) is 15.6. The fourth-order valence-corrected chi connectivity index (χ4v) is 2.69. The van der Waals surface area contributed by atoms with E-state index in [1.165, 1.54) is 6.92 Å². The Morgan fingerprint density at radius 1 is 1.33 bits per heavy atom. The molecule has 1 aliphatic heterocycles. The number of amides is 1. The molecule has 1 aliphatic rings. The van der Waals surface area contributed by atoms with E-state index in [0.29, 0.717) is 11.6 Å². The minimum absolute atomic E-state index is 0.165. The van der Waals surface area contributed by atoms with Crippen LogP contribution in [-0.4, -0.2) is 28.2 Å². The second-order valence-electron chi connectivity index (χ2n) is 5.12. The SMILES string of the molecule is CCCCN1C(=O)C(O)=C(C(C)=O)C1c1ccc(Cl)cc1. The zero-order valence-corrected chi connectivity index (χ0v) is 12.9. The third-order valence-corrected chi connectivity index (χ3v) is 3.87. The summed E-state index contributed by atoms with van der Waals surface area (Å²) in [5.41, 5.74) is 0.941. The molecule has 1 atom stereocenters. The van der Waals surface area contributed by atoms with Gasteiger partial charge in [0.25, 0.3) is 5.91 Å². The van der Waals surface area contributed by atoms with E-state index in [4.69, 9.17) is 11.6 Å². The molecule has 0 aromatic heterocycles. The summed E-state index contributed by atoms with van der Waals surface area (Å²) in [7, 11) is 0. The summed E-state index contributed by atoms with van der Waals surface area (Å²) in [6.45, 7) is 3.89. The maximum absolute atomic E-state index is 12.2. The van der Waals surface area contributed by atoms with E-state index in [-0.39, 0.29) is 11.4 Å². The van der Waals surface area contributed by atoms with Gasteiger partial charge in [0, 0.05) is 11.6 Å². The average Bonchev–Trinajstić information content (AvgIpc) is 2.70. The van der Waals surface area contributed by atoms with Crippen LogP contribution in [0.15, 0.2) is 35.6 Å². The number of aliphatic hydroxyl groups excluding tert-OH is 1. The number of ketones is 1. The largest absolute Gasteiger partial charge is 0.503 e. The third-order valence-electron chi connectivity index (χ3n) is 3.62. The number of hydrogen-bond acceptors (Lipinski definition) is 3. The topological polar surface area (TPSA) is 57.6 Å². The van der Waals surface area contributed by atoms with Gasteiger partial charge in [0.1, 0.15) is 0 Å². The molecule has 0 radical (unpaired) electrons. The van der Waals surface area contributed by atoms with E-state index in [9.17, 15) is 14.7 Å². The summed E-state index contributed by atoms with van der Waals surface area (Å²) >= 11 is 5.89. The van der Waals surface area contributed by atoms with Gasteiger partial charge in [0.15, 0.2) is 11.5 Å². The van der Waals surface area contributed by atoms with Crippen molar-refractivity contribution in [2.45, 2.75) is 32.7 Å².